The van der Waals surface area contributed by atoms with Crippen LogP contribution < -0.4 is 16.2 Å². The van der Waals surface area contributed by atoms with Crippen molar-refractivity contribution in [3.63, 3.8) is 0 Å². The molecule has 4 rings (SSSR count). The third kappa shape index (κ3) is 4.43. The summed E-state index contributed by atoms with van der Waals surface area (Å²) in [6.07, 6.45) is 1.31. The summed E-state index contributed by atoms with van der Waals surface area (Å²) >= 11 is 0. The van der Waals surface area contributed by atoms with Gasteiger partial charge in [0, 0.05) is 11.8 Å². The fraction of sp³-hybridized carbons (Fsp3) is 0.0476. The van der Waals surface area contributed by atoms with Crippen LogP contribution in [0.4, 0.5) is 16.2 Å². The first-order chi connectivity index (χ1) is 17.0. The average Bonchev–Trinajstić information content (AvgIpc) is 3.29. The van der Waals surface area contributed by atoms with Gasteiger partial charge in [0.05, 0.1) is 45.5 Å². The molecule has 0 bridgehead atoms. The highest BCUT2D eigenvalue weighted by Crippen LogP contribution is 2.31. The van der Waals surface area contributed by atoms with E-state index >= 15 is 0 Å². The van der Waals surface area contributed by atoms with Crippen molar-refractivity contribution < 1.29 is 29.5 Å². The van der Waals surface area contributed by atoms with Crippen LogP contribution in [0, 0.1) is 10.1 Å². The molecule has 0 aliphatic rings. The van der Waals surface area contributed by atoms with Crippen molar-refractivity contribution in [1.29, 1.82) is 0 Å². The summed E-state index contributed by atoms with van der Waals surface area (Å²) in [4.78, 5) is 71.3. The summed E-state index contributed by atoms with van der Waals surface area (Å²) in [6.45, 7) is -0.134. The number of nitrogens with zero attached hydrogens (tertiary/aromatic N) is 4. The number of urea groups is 1. The Morgan fingerprint density at radius 2 is 1.78 bits per heavy atom. The van der Waals surface area contributed by atoms with Crippen LogP contribution in [-0.2, 0) is 6.54 Å². The van der Waals surface area contributed by atoms with Crippen molar-refractivity contribution in [2.45, 2.75) is 6.54 Å². The molecule has 2 aromatic carbocycles. The minimum atomic E-state index is -1.57. The number of aromatic nitrogens is 4. The van der Waals surface area contributed by atoms with Gasteiger partial charge >= 0.3 is 18.0 Å². The van der Waals surface area contributed by atoms with Crippen molar-refractivity contribution in [2.75, 3.05) is 4.90 Å². The maximum Gasteiger partial charge on any atom is 0.360 e. The summed E-state index contributed by atoms with van der Waals surface area (Å²) in [5, 5.41) is 29.9. The number of carbonyl (C=O) groups is 3. The summed E-state index contributed by atoms with van der Waals surface area (Å²) < 4.78 is 0. The Morgan fingerprint density at radius 1 is 1.08 bits per heavy atom. The summed E-state index contributed by atoms with van der Waals surface area (Å²) in [6, 6.07) is 6.78. The summed E-state index contributed by atoms with van der Waals surface area (Å²) in [5.41, 5.74) is 3.74. The highest BCUT2D eigenvalue weighted by molar-refractivity contribution is 5.93. The molecule has 4 aromatic rings. The van der Waals surface area contributed by atoms with Gasteiger partial charge in [-0.15, -0.1) is 0 Å². The smallest absolute Gasteiger partial charge is 0.360 e. The zero-order chi connectivity index (χ0) is 26.1. The van der Waals surface area contributed by atoms with E-state index in [4.69, 9.17) is 15.9 Å². The molecule has 0 saturated heterocycles. The Morgan fingerprint density at radius 3 is 2.36 bits per heavy atom. The minimum Gasteiger partial charge on any atom is -0.478 e. The number of hydrogen-bond donors (Lipinski definition) is 5. The van der Waals surface area contributed by atoms with Crippen molar-refractivity contribution in [2.24, 2.45) is 5.73 Å². The molecule has 2 amide bonds. The van der Waals surface area contributed by atoms with Gasteiger partial charge in [0.15, 0.2) is 0 Å². The van der Waals surface area contributed by atoms with E-state index in [0.29, 0.717) is 11.4 Å². The Bertz CT molecular complexity index is 1610. The molecule has 2 heterocycles. The van der Waals surface area contributed by atoms with Crippen molar-refractivity contribution >= 4 is 40.4 Å². The van der Waals surface area contributed by atoms with Crippen LogP contribution >= 0.6 is 0 Å². The number of benzene rings is 2. The van der Waals surface area contributed by atoms with E-state index < -0.39 is 39.8 Å². The molecule has 0 unspecified atom stereocenters. The number of imidazole rings is 1. The van der Waals surface area contributed by atoms with E-state index in [9.17, 15) is 29.3 Å². The highest BCUT2D eigenvalue weighted by atomic mass is 16.6. The Hall–Kier alpha value is -5.60. The number of hydrogen-bond acceptors (Lipinski definition) is 8. The number of nitrogens with one attached hydrogen (secondary N) is 2. The monoisotopic (exact) mass is 493 g/mol. The standard InChI is InChI=1S/C21H15N7O8/c22-21(34)27(11-3-1-9(2-4-11)19(30)31)8-10-7-23-17(24-10)12-5-13-14(6-15(12)28(35)36)26-18(29)16(25-13)20(32)33/h1-7H,8H2,(H2,22,34)(H,23,24)(H,26,29)(H,30,31)(H,32,33). The van der Waals surface area contributed by atoms with Crippen molar-refractivity contribution in [1.82, 2.24) is 19.9 Å². The minimum absolute atomic E-state index is 0.00844. The Kier molecular flexibility index (Phi) is 5.87. The molecular formula is C21H15N7O8. The SMILES string of the molecule is NC(=O)N(Cc1cnc(-c2cc3nc(C(=O)O)c(=O)[nH]c3cc2[N+](=O)[O-])[nH]1)c1ccc(C(=O)O)cc1. The molecule has 15 heteroatoms. The van der Waals surface area contributed by atoms with Crippen LogP contribution in [0.15, 0.2) is 47.4 Å². The second kappa shape index (κ2) is 8.98. The number of H-pyrrole nitrogens is 2. The molecule has 2 aromatic heterocycles. The topological polar surface area (TPSA) is 238 Å². The lowest BCUT2D eigenvalue weighted by Gasteiger charge is -2.19. The average molecular weight is 493 g/mol. The van der Waals surface area contributed by atoms with Gasteiger partial charge in [-0.25, -0.2) is 24.4 Å². The third-order valence-electron chi connectivity index (χ3n) is 5.11. The maximum absolute atomic E-state index is 12.0. The maximum atomic E-state index is 12.0. The zero-order valence-electron chi connectivity index (χ0n) is 18.0. The first kappa shape index (κ1) is 23.6. The highest BCUT2D eigenvalue weighted by Gasteiger charge is 2.23. The predicted octanol–water partition coefficient (Wildman–Crippen LogP) is 1.70. The number of nitro benzene ring substituents is 1. The van der Waals surface area contributed by atoms with Crippen LogP contribution in [-0.4, -0.2) is 53.0 Å². The summed E-state index contributed by atoms with van der Waals surface area (Å²) in [5.74, 6) is -2.70. The van der Waals surface area contributed by atoms with Crippen molar-refractivity contribution in [3.8, 4) is 11.4 Å². The molecule has 182 valence electrons. The number of fused-ring (bicyclic) bond motifs is 1. The lowest BCUT2D eigenvalue weighted by molar-refractivity contribution is -0.384. The van der Waals surface area contributed by atoms with Crippen LogP contribution in [0.3, 0.4) is 0 Å². The Balaban J connectivity index is 1.73. The molecule has 0 saturated carbocycles. The van der Waals surface area contributed by atoms with Gasteiger partial charge < -0.3 is 25.9 Å². The number of carbonyl (C=O) groups excluding carboxylic acids is 1. The van der Waals surface area contributed by atoms with E-state index in [2.05, 4.69) is 19.9 Å². The molecule has 36 heavy (non-hydrogen) atoms. The molecule has 0 spiro atoms. The molecule has 0 aliphatic carbocycles. The number of aromatic amines is 2. The normalized spacial score (nSPS) is 10.8. The lowest BCUT2D eigenvalue weighted by Crippen LogP contribution is -2.35. The number of aromatic carboxylic acids is 2. The van der Waals surface area contributed by atoms with Crippen LogP contribution in [0.25, 0.3) is 22.4 Å². The van der Waals surface area contributed by atoms with E-state index in [0.717, 1.165) is 11.0 Å². The van der Waals surface area contributed by atoms with E-state index in [1.807, 2.05) is 0 Å². The predicted molar refractivity (Wildman–Crippen MR) is 123 cm³/mol. The van der Waals surface area contributed by atoms with E-state index in [1.165, 1.54) is 36.5 Å². The first-order valence-corrected chi connectivity index (χ1v) is 9.95. The second-order valence-electron chi connectivity index (χ2n) is 7.40. The molecule has 6 N–H and O–H groups in total. The van der Waals surface area contributed by atoms with Crippen LogP contribution in [0.1, 0.15) is 26.5 Å². The molecule has 0 aliphatic heterocycles. The fourth-order valence-electron chi connectivity index (χ4n) is 3.43. The van der Waals surface area contributed by atoms with E-state index in [1.54, 1.807) is 0 Å². The number of rotatable bonds is 7. The van der Waals surface area contributed by atoms with Gasteiger partial charge in [-0.05, 0) is 30.3 Å². The van der Waals surface area contributed by atoms with E-state index in [-0.39, 0.29) is 34.5 Å². The number of nitro groups is 1. The summed E-state index contributed by atoms with van der Waals surface area (Å²) in [7, 11) is 0. The molecule has 0 radical (unpaired) electrons. The largest absolute Gasteiger partial charge is 0.478 e. The molecule has 15 nitrogen and oxygen atoms in total. The number of carboxylic acid groups (broad SMARTS) is 2. The number of carboxylic acids is 2. The van der Waals surface area contributed by atoms with Gasteiger partial charge in [0.2, 0.25) is 5.69 Å². The fourth-order valence-corrected chi connectivity index (χ4v) is 3.43. The molecule has 0 fully saturated rings. The molecular weight excluding hydrogens is 478 g/mol. The number of anilines is 1. The van der Waals surface area contributed by atoms with Gasteiger partial charge in [-0.2, -0.15) is 0 Å². The van der Waals surface area contributed by atoms with Gasteiger partial charge in [0.1, 0.15) is 5.82 Å². The van der Waals surface area contributed by atoms with Crippen LogP contribution in [0.2, 0.25) is 0 Å². The second-order valence-corrected chi connectivity index (χ2v) is 7.40. The number of amides is 2. The first-order valence-electron chi connectivity index (χ1n) is 9.95. The number of nitrogens with two attached hydrogens (primary N) is 1. The zero-order valence-corrected chi connectivity index (χ0v) is 18.0. The quantitative estimate of drug-likeness (QED) is 0.184. The third-order valence-corrected chi connectivity index (χ3v) is 5.11. The van der Waals surface area contributed by atoms with Gasteiger partial charge in [0.25, 0.3) is 11.2 Å². The lowest BCUT2D eigenvalue weighted by atomic mass is 10.1. The molecule has 0 atom stereocenters. The Labute approximate surface area is 199 Å². The van der Waals surface area contributed by atoms with Gasteiger partial charge in [-0.1, -0.05) is 0 Å². The van der Waals surface area contributed by atoms with Crippen molar-refractivity contribution in [3.05, 3.63) is 80.0 Å². The van der Waals surface area contributed by atoms with Gasteiger partial charge in [-0.3, -0.25) is 19.8 Å². The van der Waals surface area contributed by atoms with Crippen LogP contribution in [0.5, 0.6) is 0 Å². The number of primary amides is 1.